The minimum Gasteiger partial charge on any atom is -0.486 e. The number of esters is 1. The van der Waals surface area contributed by atoms with E-state index in [0.717, 1.165) is 11.1 Å². The third-order valence-corrected chi connectivity index (χ3v) is 4.29. The summed E-state index contributed by atoms with van der Waals surface area (Å²) in [6.45, 7) is 5.53. The molecule has 1 atom stereocenters. The van der Waals surface area contributed by atoms with Crippen LogP contribution in [0, 0.1) is 13.8 Å². The Bertz CT molecular complexity index is 994. The molecule has 3 aromatic rings. The molecule has 6 heteroatoms. The number of amides is 1. The van der Waals surface area contributed by atoms with Gasteiger partial charge < -0.3 is 19.2 Å². The largest absolute Gasteiger partial charge is 0.486 e. The highest BCUT2D eigenvalue weighted by molar-refractivity contribution is 5.97. The molecule has 2 aromatic carbocycles. The maximum atomic E-state index is 12.4. The van der Waals surface area contributed by atoms with Crippen molar-refractivity contribution in [3.8, 4) is 5.75 Å². The van der Waals surface area contributed by atoms with E-state index >= 15 is 0 Å². The van der Waals surface area contributed by atoms with Gasteiger partial charge in [-0.2, -0.15) is 0 Å². The van der Waals surface area contributed by atoms with Gasteiger partial charge in [0.15, 0.2) is 6.10 Å². The van der Waals surface area contributed by atoms with Crippen molar-refractivity contribution in [3.63, 3.8) is 0 Å². The Morgan fingerprint density at radius 1 is 1.03 bits per heavy atom. The van der Waals surface area contributed by atoms with Crippen LogP contribution < -0.4 is 10.1 Å². The van der Waals surface area contributed by atoms with Crippen LogP contribution in [0.4, 0.5) is 5.69 Å². The van der Waals surface area contributed by atoms with Crippen LogP contribution in [0.15, 0.2) is 65.1 Å². The first-order valence-electron chi connectivity index (χ1n) is 9.28. The van der Waals surface area contributed by atoms with E-state index in [1.807, 2.05) is 62.4 Å². The zero-order valence-electron chi connectivity index (χ0n) is 16.6. The molecule has 1 heterocycles. The van der Waals surface area contributed by atoms with Crippen molar-refractivity contribution in [2.24, 2.45) is 0 Å². The number of carbonyl (C=O) groups is 2. The molecule has 0 bridgehead atoms. The zero-order valence-corrected chi connectivity index (χ0v) is 16.6. The molecule has 0 unspecified atom stereocenters. The van der Waals surface area contributed by atoms with Gasteiger partial charge in [0.2, 0.25) is 5.76 Å². The van der Waals surface area contributed by atoms with Gasteiger partial charge in [-0.05, 0) is 62.2 Å². The Balaban J connectivity index is 1.54. The lowest BCUT2D eigenvalue weighted by molar-refractivity contribution is -0.123. The van der Waals surface area contributed by atoms with Crippen molar-refractivity contribution in [2.45, 2.75) is 33.5 Å². The number of hydrogen-bond donors (Lipinski definition) is 1. The fraction of sp³-hybridized carbons (Fsp3) is 0.217. The average molecular weight is 393 g/mol. The third kappa shape index (κ3) is 5.48. The highest BCUT2D eigenvalue weighted by atomic mass is 16.6. The quantitative estimate of drug-likeness (QED) is 0.591. The Hall–Kier alpha value is -3.54. The molecule has 1 amide bonds. The number of para-hydroxylation sites is 1. The number of aryl methyl sites for hydroxylation is 2. The molecule has 0 radical (unpaired) electrons. The lowest BCUT2D eigenvalue weighted by atomic mass is 10.1. The smallest absolute Gasteiger partial charge is 0.375 e. The van der Waals surface area contributed by atoms with Crippen LogP contribution >= 0.6 is 0 Å². The molecule has 0 fully saturated rings. The van der Waals surface area contributed by atoms with E-state index in [4.69, 9.17) is 13.9 Å². The predicted molar refractivity (Wildman–Crippen MR) is 109 cm³/mol. The van der Waals surface area contributed by atoms with E-state index in [0.29, 0.717) is 17.2 Å². The number of carbonyl (C=O) groups excluding carboxylic acids is 2. The fourth-order valence-corrected chi connectivity index (χ4v) is 2.61. The van der Waals surface area contributed by atoms with Gasteiger partial charge in [-0.15, -0.1) is 0 Å². The van der Waals surface area contributed by atoms with Crippen molar-refractivity contribution < 1.29 is 23.5 Å². The van der Waals surface area contributed by atoms with Crippen LogP contribution in [0.2, 0.25) is 0 Å². The van der Waals surface area contributed by atoms with Crippen molar-refractivity contribution >= 4 is 17.6 Å². The highest BCUT2D eigenvalue weighted by Gasteiger charge is 2.22. The number of furan rings is 1. The van der Waals surface area contributed by atoms with E-state index in [-0.39, 0.29) is 12.4 Å². The molecular formula is C23H23NO5. The zero-order chi connectivity index (χ0) is 20.8. The van der Waals surface area contributed by atoms with Crippen molar-refractivity contribution in [3.05, 3.63) is 83.3 Å². The van der Waals surface area contributed by atoms with Crippen LogP contribution in [-0.4, -0.2) is 18.0 Å². The first-order valence-corrected chi connectivity index (χ1v) is 9.28. The van der Waals surface area contributed by atoms with Crippen LogP contribution in [0.1, 0.15) is 34.4 Å². The van der Waals surface area contributed by atoms with E-state index in [2.05, 4.69) is 5.32 Å². The molecule has 1 N–H and O–H groups in total. The second-order valence-electron chi connectivity index (χ2n) is 6.72. The highest BCUT2D eigenvalue weighted by Crippen LogP contribution is 2.18. The van der Waals surface area contributed by atoms with Crippen LogP contribution in [-0.2, 0) is 16.1 Å². The minimum absolute atomic E-state index is 0.0167. The first kappa shape index (κ1) is 20.2. The summed E-state index contributed by atoms with van der Waals surface area (Å²) in [5, 5.41) is 2.78. The first-order chi connectivity index (χ1) is 13.9. The normalized spacial score (nSPS) is 11.6. The van der Waals surface area contributed by atoms with E-state index in [1.165, 1.54) is 13.0 Å². The number of anilines is 1. The number of nitrogens with one attached hydrogen (secondary N) is 1. The maximum absolute atomic E-state index is 12.4. The second-order valence-corrected chi connectivity index (χ2v) is 6.72. The van der Waals surface area contributed by atoms with Crippen LogP contribution in [0.5, 0.6) is 5.75 Å². The Morgan fingerprint density at radius 3 is 2.55 bits per heavy atom. The summed E-state index contributed by atoms with van der Waals surface area (Å²) in [4.78, 5) is 24.7. The molecule has 150 valence electrons. The molecule has 1 aromatic heterocycles. The van der Waals surface area contributed by atoms with Gasteiger partial charge >= 0.3 is 5.97 Å². The summed E-state index contributed by atoms with van der Waals surface area (Å²) in [6.07, 6.45) is -0.975. The van der Waals surface area contributed by atoms with Gasteiger partial charge in [-0.25, -0.2) is 4.79 Å². The molecule has 0 spiro atoms. The minimum atomic E-state index is -0.975. The monoisotopic (exact) mass is 393 g/mol. The van der Waals surface area contributed by atoms with E-state index < -0.39 is 18.0 Å². The number of benzene rings is 2. The molecule has 29 heavy (non-hydrogen) atoms. The standard InChI is InChI=1S/C23H23NO5/c1-15-9-10-16(2)20(13-15)24-22(25)17(3)28-23(26)21-12-11-19(29-21)14-27-18-7-5-4-6-8-18/h4-13,17H,14H2,1-3H3,(H,24,25)/t17-/m0/s1. The summed E-state index contributed by atoms with van der Waals surface area (Å²) >= 11 is 0. The maximum Gasteiger partial charge on any atom is 0.375 e. The average Bonchev–Trinajstić information content (AvgIpc) is 3.19. The van der Waals surface area contributed by atoms with E-state index in [9.17, 15) is 9.59 Å². The summed E-state index contributed by atoms with van der Waals surface area (Å²) in [7, 11) is 0. The number of ether oxygens (including phenoxy) is 2. The van der Waals surface area contributed by atoms with Gasteiger partial charge in [0.1, 0.15) is 18.1 Å². The number of hydrogen-bond acceptors (Lipinski definition) is 5. The summed E-state index contributed by atoms with van der Waals surface area (Å²) in [6, 6.07) is 18.2. The molecular weight excluding hydrogens is 370 g/mol. The van der Waals surface area contributed by atoms with Crippen molar-refractivity contribution in [2.75, 3.05) is 5.32 Å². The summed E-state index contributed by atoms with van der Waals surface area (Å²) < 4.78 is 16.3. The van der Waals surface area contributed by atoms with Crippen molar-refractivity contribution in [1.82, 2.24) is 0 Å². The van der Waals surface area contributed by atoms with Crippen LogP contribution in [0.3, 0.4) is 0 Å². The van der Waals surface area contributed by atoms with Gasteiger partial charge in [-0.1, -0.05) is 30.3 Å². The Labute approximate surface area is 169 Å². The Kier molecular flexibility index (Phi) is 6.34. The summed E-state index contributed by atoms with van der Waals surface area (Å²) in [5.41, 5.74) is 2.64. The molecule has 0 aliphatic rings. The van der Waals surface area contributed by atoms with Gasteiger partial charge in [0.05, 0.1) is 0 Å². The van der Waals surface area contributed by atoms with E-state index in [1.54, 1.807) is 6.07 Å². The molecule has 3 rings (SSSR count). The molecule has 0 saturated carbocycles. The van der Waals surface area contributed by atoms with Gasteiger partial charge in [0.25, 0.3) is 5.91 Å². The van der Waals surface area contributed by atoms with Gasteiger partial charge in [0, 0.05) is 5.69 Å². The summed E-state index contributed by atoms with van der Waals surface area (Å²) in [5.74, 6) is 0.0759. The topological polar surface area (TPSA) is 77.8 Å². The third-order valence-electron chi connectivity index (χ3n) is 4.29. The van der Waals surface area contributed by atoms with Crippen molar-refractivity contribution in [1.29, 1.82) is 0 Å². The van der Waals surface area contributed by atoms with Crippen LogP contribution in [0.25, 0.3) is 0 Å². The second kappa shape index (κ2) is 9.10. The lowest BCUT2D eigenvalue weighted by Gasteiger charge is -2.14. The lowest BCUT2D eigenvalue weighted by Crippen LogP contribution is -2.30. The fourth-order valence-electron chi connectivity index (χ4n) is 2.61. The molecule has 0 aliphatic heterocycles. The molecule has 6 nitrogen and oxygen atoms in total. The molecule has 0 aliphatic carbocycles. The predicted octanol–water partition coefficient (Wildman–Crippen LogP) is 4.66. The number of rotatable bonds is 7. The molecule has 0 saturated heterocycles. The van der Waals surface area contributed by atoms with Gasteiger partial charge in [-0.3, -0.25) is 4.79 Å². The SMILES string of the molecule is Cc1ccc(C)c(NC(=O)[C@H](C)OC(=O)c2ccc(COc3ccccc3)o2)c1. The Morgan fingerprint density at radius 2 is 1.79 bits per heavy atom.